The number of nitrogens with zero attached hydrogens (tertiary/aromatic N) is 1. The Labute approximate surface area is 137 Å². The molecule has 0 unspecified atom stereocenters. The Morgan fingerprint density at radius 3 is 2.78 bits per heavy atom. The van der Waals surface area contributed by atoms with E-state index < -0.39 is 0 Å². The fourth-order valence-electron chi connectivity index (χ4n) is 3.18. The van der Waals surface area contributed by atoms with E-state index in [0.717, 1.165) is 36.6 Å². The Bertz CT molecular complexity index is 520. The predicted molar refractivity (Wildman–Crippen MR) is 88.2 cm³/mol. The van der Waals surface area contributed by atoms with Crippen LogP contribution in [0.2, 0.25) is 0 Å². The molecule has 3 rings (SSSR count). The van der Waals surface area contributed by atoms with Gasteiger partial charge in [-0.05, 0) is 30.9 Å². The average molecular weight is 318 g/mol. The Balaban J connectivity index is 1.54. The summed E-state index contributed by atoms with van der Waals surface area (Å²) in [5, 5.41) is 2.93. The number of pyridine rings is 1. The van der Waals surface area contributed by atoms with Crippen LogP contribution < -0.4 is 5.32 Å². The van der Waals surface area contributed by atoms with Gasteiger partial charge in [0.15, 0.2) is 0 Å². The zero-order valence-corrected chi connectivity index (χ0v) is 13.8. The summed E-state index contributed by atoms with van der Waals surface area (Å²) in [7, 11) is 1.72. The monoisotopic (exact) mass is 318 g/mol. The van der Waals surface area contributed by atoms with Gasteiger partial charge in [-0.15, -0.1) is 0 Å². The second kappa shape index (κ2) is 7.41. The molecule has 0 bridgehead atoms. The van der Waals surface area contributed by atoms with Crippen molar-refractivity contribution >= 4 is 11.6 Å². The predicted octanol–water partition coefficient (Wildman–Crippen LogP) is 3.25. The van der Waals surface area contributed by atoms with Crippen molar-refractivity contribution in [1.29, 1.82) is 0 Å². The molecule has 1 aliphatic carbocycles. The van der Waals surface area contributed by atoms with E-state index in [1.54, 1.807) is 13.3 Å². The third kappa shape index (κ3) is 4.30. The van der Waals surface area contributed by atoms with E-state index in [4.69, 9.17) is 9.47 Å². The zero-order valence-electron chi connectivity index (χ0n) is 13.8. The van der Waals surface area contributed by atoms with Crippen LogP contribution in [-0.4, -0.2) is 31.2 Å². The van der Waals surface area contributed by atoms with Gasteiger partial charge in [0.25, 0.3) is 0 Å². The van der Waals surface area contributed by atoms with Crippen molar-refractivity contribution in [3.8, 4) is 0 Å². The molecule has 0 atom stereocenters. The number of hydrogen-bond acceptors (Lipinski definition) is 4. The second-order valence-corrected chi connectivity index (χ2v) is 6.63. The summed E-state index contributed by atoms with van der Waals surface area (Å²) in [5.74, 6) is 0.959. The van der Waals surface area contributed by atoms with Gasteiger partial charge >= 0.3 is 0 Å². The number of anilines is 1. The molecule has 0 aromatic carbocycles. The Morgan fingerprint density at radius 2 is 2.17 bits per heavy atom. The van der Waals surface area contributed by atoms with Crippen LogP contribution in [0.4, 0.5) is 5.69 Å². The van der Waals surface area contributed by atoms with Gasteiger partial charge in [0.1, 0.15) is 5.60 Å². The average Bonchev–Trinajstić information content (AvgIpc) is 3.40. The first-order chi connectivity index (χ1) is 11.2. The lowest BCUT2D eigenvalue weighted by atomic mass is 9.90. The number of nitrogens with one attached hydrogen (secondary N) is 1. The van der Waals surface area contributed by atoms with Gasteiger partial charge in [0.2, 0.25) is 5.91 Å². The molecule has 126 valence electrons. The standard InChI is InChI=1S/C18H26N2O3/c1-22-18(9-11-23-12-10-18)16-8-7-15(13-19-16)20-17(21)4-2-3-14-5-6-14/h7-8,13-14H,2-6,9-12H2,1H3,(H,20,21). The number of hydrogen-bond donors (Lipinski definition) is 1. The number of rotatable bonds is 7. The summed E-state index contributed by atoms with van der Waals surface area (Å²) < 4.78 is 11.2. The maximum atomic E-state index is 11.9. The first-order valence-electron chi connectivity index (χ1n) is 8.61. The minimum absolute atomic E-state index is 0.0766. The third-order valence-corrected chi connectivity index (χ3v) is 4.92. The second-order valence-electron chi connectivity index (χ2n) is 6.63. The van der Waals surface area contributed by atoms with E-state index in [-0.39, 0.29) is 11.5 Å². The summed E-state index contributed by atoms with van der Waals surface area (Å²) in [6, 6.07) is 3.87. The van der Waals surface area contributed by atoms with E-state index in [1.165, 1.54) is 19.3 Å². The topological polar surface area (TPSA) is 60.5 Å². The first-order valence-corrected chi connectivity index (χ1v) is 8.61. The normalized spacial score (nSPS) is 20.2. The van der Waals surface area contributed by atoms with Gasteiger partial charge in [-0.3, -0.25) is 9.78 Å². The lowest BCUT2D eigenvalue weighted by Crippen LogP contribution is -2.36. The molecule has 2 heterocycles. The molecule has 1 saturated carbocycles. The summed E-state index contributed by atoms with van der Waals surface area (Å²) in [6.45, 7) is 1.38. The quantitative estimate of drug-likeness (QED) is 0.838. The smallest absolute Gasteiger partial charge is 0.224 e. The van der Waals surface area contributed by atoms with Crippen LogP contribution >= 0.6 is 0 Å². The van der Waals surface area contributed by atoms with E-state index in [0.29, 0.717) is 19.6 Å². The van der Waals surface area contributed by atoms with Crippen molar-refractivity contribution in [3.05, 3.63) is 24.0 Å². The molecule has 5 nitrogen and oxygen atoms in total. The van der Waals surface area contributed by atoms with Crippen molar-refractivity contribution in [1.82, 2.24) is 4.98 Å². The van der Waals surface area contributed by atoms with Crippen LogP contribution in [0, 0.1) is 5.92 Å². The van der Waals surface area contributed by atoms with Crippen LogP contribution in [-0.2, 0) is 19.9 Å². The maximum Gasteiger partial charge on any atom is 0.224 e. The van der Waals surface area contributed by atoms with Gasteiger partial charge in [-0.1, -0.05) is 12.8 Å². The number of aromatic nitrogens is 1. The van der Waals surface area contributed by atoms with Crippen LogP contribution in [0.1, 0.15) is 50.6 Å². The SMILES string of the molecule is COC1(c2ccc(NC(=O)CCCC3CC3)cn2)CCOCC1. The molecule has 1 aromatic heterocycles. The molecule has 1 aromatic rings. The van der Waals surface area contributed by atoms with Gasteiger partial charge in [-0.25, -0.2) is 0 Å². The van der Waals surface area contributed by atoms with Crippen molar-refractivity contribution in [2.24, 2.45) is 5.92 Å². The van der Waals surface area contributed by atoms with Crippen LogP contribution in [0.25, 0.3) is 0 Å². The van der Waals surface area contributed by atoms with E-state index in [9.17, 15) is 4.79 Å². The van der Waals surface area contributed by atoms with Crippen molar-refractivity contribution in [2.75, 3.05) is 25.6 Å². The summed E-state index contributed by atoms with van der Waals surface area (Å²) in [6.07, 6.45) is 8.80. The highest BCUT2D eigenvalue weighted by Gasteiger charge is 2.35. The van der Waals surface area contributed by atoms with Gasteiger partial charge in [0, 0.05) is 39.6 Å². The lowest BCUT2D eigenvalue weighted by Gasteiger charge is -2.35. The van der Waals surface area contributed by atoms with Crippen LogP contribution in [0.15, 0.2) is 18.3 Å². The number of ether oxygens (including phenoxy) is 2. The number of carbonyl (C=O) groups is 1. The Morgan fingerprint density at radius 1 is 1.39 bits per heavy atom. The van der Waals surface area contributed by atoms with Crippen molar-refractivity contribution in [2.45, 2.75) is 50.5 Å². The fraction of sp³-hybridized carbons (Fsp3) is 0.667. The molecule has 1 amide bonds. The van der Waals surface area contributed by atoms with Gasteiger partial charge < -0.3 is 14.8 Å². The molecule has 5 heteroatoms. The molecule has 0 radical (unpaired) electrons. The molecule has 2 fully saturated rings. The molecular weight excluding hydrogens is 292 g/mol. The molecule has 23 heavy (non-hydrogen) atoms. The number of methoxy groups -OCH3 is 1. The minimum atomic E-state index is -0.356. The van der Waals surface area contributed by atoms with E-state index in [1.807, 2.05) is 12.1 Å². The maximum absolute atomic E-state index is 11.9. The molecule has 1 N–H and O–H groups in total. The highest BCUT2D eigenvalue weighted by molar-refractivity contribution is 5.90. The summed E-state index contributed by atoms with van der Waals surface area (Å²) in [5.41, 5.74) is 1.31. The molecule has 0 spiro atoms. The largest absolute Gasteiger partial charge is 0.381 e. The third-order valence-electron chi connectivity index (χ3n) is 4.92. The molecule has 2 aliphatic rings. The Kier molecular flexibility index (Phi) is 5.28. The molecule has 1 saturated heterocycles. The Hall–Kier alpha value is -1.46. The van der Waals surface area contributed by atoms with Gasteiger partial charge in [-0.2, -0.15) is 0 Å². The number of carbonyl (C=O) groups excluding carboxylic acids is 1. The minimum Gasteiger partial charge on any atom is -0.381 e. The number of amides is 1. The van der Waals surface area contributed by atoms with E-state index in [2.05, 4.69) is 10.3 Å². The summed E-state index contributed by atoms with van der Waals surface area (Å²) >= 11 is 0. The highest BCUT2D eigenvalue weighted by Crippen LogP contribution is 2.35. The lowest BCUT2D eigenvalue weighted by molar-refractivity contribution is -0.116. The first kappa shape index (κ1) is 16.4. The molecule has 1 aliphatic heterocycles. The fourth-order valence-corrected chi connectivity index (χ4v) is 3.18. The van der Waals surface area contributed by atoms with E-state index >= 15 is 0 Å². The van der Waals surface area contributed by atoms with Gasteiger partial charge in [0.05, 0.1) is 17.6 Å². The zero-order chi connectivity index (χ0) is 16.1. The van der Waals surface area contributed by atoms with Crippen molar-refractivity contribution < 1.29 is 14.3 Å². The van der Waals surface area contributed by atoms with Crippen LogP contribution in [0.5, 0.6) is 0 Å². The highest BCUT2D eigenvalue weighted by atomic mass is 16.5. The summed E-state index contributed by atoms with van der Waals surface area (Å²) in [4.78, 5) is 16.5. The molecular formula is C18H26N2O3. The van der Waals surface area contributed by atoms with Crippen LogP contribution in [0.3, 0.4) is 0 Å². The van der Waals surface area contributed by atoms with Crippen molar-refractivity contribution in [3.63, 3.8) is 0 Å².